The maximum Gasteiger partial charge on any atom is 0.257 e. The number of carbonyl (C=O) groups excluding carboxylic acids is 1. The summed E-state index contributed by atoms with van der Waals surface area (Å²) in [7, 11) is 3.39. The Morgan fingerprint density at radius 3 is 2.73 bits per heavy atom. The predicted octanol–water partition coefficient (Wildman–Crippen LogP) is 4.61. The van der Waals surface area contributed by atoms with Gasteiger partial charge in [0.1, 0.15) is 5.15 Å². The van der Waals surface area contributed by atoms with Crippen LogP contribution in [0.3, 0.4) is 0 Å². The van der Waals surface area contributed by atoms with Gasteiger partial charge in [0, 0.05) is 30.4 Å². The van der Waals surface area contributed by atoms with Crippen molar-refractivity contribution < 1.29 is 4.79 Å². The van der Waals surface area contributed by atoms with Crippen LogP contribution in [0.25, 0.3) is 27.4 Å². The molecule has 0 fully saturated rings. The maximum absolute atomic E-state index is 12.9. The molecule has 0 radical (unpaired) electrons. The lowest BCUT2D eigenvalue weighted by Crippen LogP contribution is -2.24. The monoisotopic (exact) mass is 366 g/mol. The van der Waals surface area contributed by atoms with E-state index in [0.29, 0.717) is 11.1 Å². The molecule has 0 atom stereocenters. The number of pyridine rings is 1. The number of benzene rings is 1. The van der Waals surface area contributed by atoms with Gasteiger partial charge in [-0.1, -0.05) is 42.5 Å². The molecule has 0 saturated carbocycles. The van der Waals surface area contributed by atoms with E-state index in [4.69, 9.17) is 11.6 Å². The van der Waals surface area contributed by atoms with Gasteiger partial charge in [0.05, 0.1) is 22.8 Å². The van der Waals surface area contributed by atoms with Crippen molar-refractivity contribution >= 4 is 44.9 Å². The van der Waals surface area contributed by atoms with Gasteiger partial charge in [-0.25, -0.2) is 4.98 Å². The molecular formula is C20H19ClN4O. The van der Waals surface area contributed by atoms with Gasteiger partial charge in [0.15, 0.2) is 0 Å². The number of aromatic amines is 1. The number of rotatable bonds is 4. The van der Waals surface area contributed by atoms with Crippen LogP contribution >= 0.6 is 11.6 Å². The second kappa shape index (κ2) is 7.14. The van der Waals surface area contributed by atoms with Crippen molar-refractivity contribution in [3.63, 3.8) is 0 Å². The van der Waals surface area contributed by atoms with Crippen LogP contribution in [-0.4, -0.2) is 40.1 Å². The number of hydrogen-bond donors (Lipinski definition) is 1. The fraction of sp³-hybridized carbons (Fsp3) is 0.150. The number of carbonyl (C=O) groups is 1. The Balaban J connectivity index is 2.51. The summed E-state index contributed by atoms with van der Waals surface area (Å²) >= 11 is 6.46. The molecule has 2 aromatic heterocycles. The number of amides is 1. The van der Waals surface area contributed by atoms with Crippen LogP contribution in [0.4, 0.5) is 0 Å². The number of aromatic nitrogens is 3. The SMILES string of the molecule is C=C/C=C(\C=C/C)c1c(C(=O)N(C)C)c(Cl)nc2cc3[nH]ncc3cc12. The van der Waals surface area contributed by atoms with E-state index in [9.17, 15) is 4.79 Å². The first-order valence-electron chi connectivity index (χ1n) is 8.11. The largest absolute Gasteiger partial charge is 0.345 e. The average molecular weight is 367 g/mol. The summed E-state index contributed by atoms with van der Waals surface area (Å²) in [6, 6.07) is 3.86. The molecule has 132 valence electrons. The summed E-state index contributed by atoms with van der Waals surface area (Å²) in [5.74, 6) is -0.203. The van der Waals surface area contributed by atoms with Gasteiger partial charge < -0.3 is 4.90 Å². The van der Waals surface area contributed by atoms with Crippen LogP contribution in [-0.2, 0) is 0 Å². The highest BCUT2D eigenvalue weighted by molar-refractivity contribution is 6.34. The minimum absolute atomic E-state index is 0.171. The molecular weight excluding hydrogens is 348 g/mol. The number of hydrogen-bond acceptors (Lipinski definition) is 3. The van der Waals surface area contributed by atoms with E-state index in [1.165, 1.54) is 4.90 Å². The molecule has 1 N–H and O–H groups in total. The molecule has 3 rings (SSSR count). The minimum atomic E-state index is -0.203. The van der Waals surface area contributed by atoms with Gasteiger partial charge in [-0.2, -0.15) is 5.10 Å². The van der Waals surface area contributed by atoms with Crippen LogP contribution in [0.1, 0.15) is 22.8 Å². The molecule has 6 heteroatoms. The summed E-state index contributed by atoms with van der Waals surface area (Å²) in [5, 5.41) is 8.95. The zero-order valence-electron chi connectivity index (χ0n) is 14.9. The molecule has 26 heavy (non-hydrogen) atoms. The molecule has 1 amide bonds. The van der Waals surface area contributed by atoms with E-state index in [1.54, 1.807) is 26.4 Å². The third-order valence-electron chi connectivity index (χ3n) is 4.05. The Morgan fingerprint density at radius 1 is 1.31 bits per heavy atom. The number of nitrogens with zero attached hydrogens (tertiary/aromatic N) is 3. The van der Waals surface area contributed by atoms with Crippen molar-refractivity contribution in [3.8, 4) is 0 Å². The maximum atomic E-state index is 12.9. The first-order chi connectivity index (χ1) is 12.5. The van der Waals surface area contributed by atoms with Crippen molar-refractivity contribution in [2.75, 3.05) is 14.1 Å². The number of halogens is 1. The molecule has 0 bridgehead atoms. The van der Waals surface area contributed by atoms with Crippen LogP contribution in [0.2, 0.25) is 5.15 Å². The summed E-state index contributed by atoms with van der Waals surface area (Å²) < 4.78 is 0. The Bertz CT molecular complexity index is 1080. The predicted molar refractivity (Wildman–Crippen MR) is 107 cm³/mol. The normalized spacial score (nSPS) is 12.2. The van der Waals surface area contributed by atoms with Crippen LogP contribution in [0, 0.1) is 0 Å². The zero-order chi connectivity index (χ0) is 18.8. The molecule has 2 heterocycles. The highest BCUT2D eigenvalue weighted by Crippen LogP contribution is 2.35. The Labute approximate surface area is 156 Å². The standard InChI is InChI=1S/C20H19ClN4O/c1-5-7-12(8-6-2)17-14-9-13-11-22-24-15(13)10-16(14)23-19(21)18(17)20(26)25(3)4/h5-11H,1H2,2-4H3,(H,22,24)/b8-6-,12-7+. The molecule has 3 aromatic rings. The number of allylic oxidation sites excluding steroid dienone is 5. The lowest BCUT2D eigenvalue weighted by atomic mass is 9.94. The van der Waals surface area contributed by atoms with E-state index in [1.807, 2.05) is 37.3 Å². The van der Waals surface area contributed by atoms with E-state index >= 15 is 0 Å². The first kappa shape index (κ1) is 17.9. The zero-order valence-corrected chi connectivity index (χ0v) is 15.6. The van der Waals surface area contributed by atoms with Crippen molar-refractivity contribution in [1.29, 1.82) is 0 Å². The second-order valence-electron chi connectivity index (χ2n) is 6.04. The van der Waals surface area contributed by atoms with Crippen LogP contribution in [0.5, 0.6) is 0 Å². The van der Waals surface area contributed by atoms with Crippen molar-refractivity contribution in [2.45, 2.75) is 6.92 Å². The molecule has 0 aliphatic heterocycles. The van der Waals surface area contributed by atoms with Gasteiger partial charge >= 0.3 is 0 Å². The Hall–Kier alpha value is -2.92. The van der Waals surface area contributed by atoms with Crippen molar-refractivity contribution in [2.24, 2.45) is 0 Å². The first-order valence-corrected chi connectivity index (χ1v) is 8.49. The molecule has 0 saturated heterocycles. The summed E-state index contributed by atoms with van der Waals surface area (Å²) in [6.45, 7) is 5.71. The lowest BCUT2D eigenvalue weighted by Gasteiger charge is -2.18. The fourth-order valence-electron chi connectivity index (χ4n) is 2.92. The molecule has 0 unspecified atom stereocenters. The van der Waals surface area contributed by atoms with Gasteiger partial charge in [0.2, 0.25) is 0 Å². The van der Waals surface area contributed by atoms with Crippen molar-refractivity contribution in [1.82, 2.24) is 20.1 Å². The lowest BCUT2D eigenvalue weighted by molar-refractivity contribution is 0.0827. The third-order valence-corrected chi connectivity index (χ3v) is 4.33. The van der Waals surface area contributed by atoms with Crippen LogP contribution < -0.4 is 0 Å². The number of nitrogens with one attached hydrogen (secondary N) is 1. The van der Waals surface area contributed by atoms with Gasteiger partial charge in [-0.15, -0.1) is 0 Å². The number of H-pyrrole nitrogens is 1. The Kier molecular flexibility index (Phi) is 4.91. The van der Waals surface area contributed by atoms with Gasteiger partial charge in [-0.3, -0.25) is 9.89 Å². The highest BCUT2D eigenvalue weighted by Gasteiger charge is 2.23. The van der Waals surface area contributed by atoms with Gasteiger partial charge in [0.25, 0.3) is 5.91 Å². The van der Waals surface area contributed by atoms with E-state index in [0.717, 1.165) is 27.4 Å². The molecule has 0 aliphatic rings. The number of fused-ring (bicyclic) bond motifs is 2. The third kappa shape index (κ3) is 3.02. The van der Waals surface area contributed by atoms with E-state index < -0.39 is 0 Å². The van der Waals surface area contributed by atoms with Crippen molar-refractivity contribution in [3.05, 3.63) is 65.5 Å². The van der Waals surface area contributed by atoms with E-state index in [-0.39, 0.29) is 11.1 Å². The van der Waals surface area contributed by atoms with Gasteiger partial charge in [-0.05, 0) is 24.6 Å². The molecule has 5 nitrogen and oxygen atoms in total. The second-order valence-corrected chi connectivity index (χ2v) is 6.39. The quantitative estimate of drug-likeness (QED) is 0.541. The highest BCUT2D eigenvalue weighted by atomic mass is 35.5. The summed E-state index contributed by atoms with van der Waals surface area (Å²) in [6.07, 6.45) is 9.13. The average Bonchev–Trinajstić information content (AvgIpc) is 3.05. The van der Waals surface area contributed by atoms with E-state index in [2.05, 4.69) is 21.8 Å². The van der Waals surface area contributed by atoms with Crippen LogP contribution in [0.15, 0.2) is 49.2 Å². The fourth-order valence-corrected chi connectivity index (χ4v) is 3.19. The smallest absolute Gasteiger partial charge is 0.257 e. The minimum Gasteiger partial charge on any atom is -0.345 e. The molecule has 0 aliphatic carbocycles. The summed E-state index contributed by atoms with van der Waals surface area (Å²) in [4.78, 5) is 18.8. The molecule has 0 spiro atoms. The Morgan fingerprint density at radius 2 is 2.08 bits per heavy atom. The summed E-state index contributed by atoms with van der Waals surface area (Å²) in [5.41, 5.74) is 3.50. The topological polar surface area (TPSA) is 61.9 Å². The molecule has 1 aromatic carbocycles.